The van der Waals surface area contributed by atoms with E-state index in [-0.39, 0.29) is 36.6 Å². The molecule has 5 nitrogen and oxygen atoms in total. The highest BCUT2D eigenvalue weighted by molar-refractivity contribution is 5.79. The summed E-state index contributed by atoms with van der Waals surface area (Å²) in [6.07, 6.45) is 0.773. The van der Waals surface area contributed by atoms with E-state index in [1.165, 1.54) is 19.2 Å². The highest BCUT2D eigenvalue weighted by Gasteiger charge is 2.31. The number of halogens is 1. The Balaban J connectivity index is 1.76. The van der Waals surface area contributed by atoms with Crippen molar-refractivity contribution >= 4 is 11.9 Å². The molecule has 1 amide bonds. The van der Waals surface area contributed by atoms with Crippen molar-refractivity contribution in [2.24, 2.45) is 5.92 Å². The third-order valence-corrected chi connectivity index (χ3v) is 3.49. The number of ether oxygens (including phenoxy) is 2. The van der Waals surface area contributed by atoms with E-state index in [1.807, 2.05) is 0 Å². The van der Waals surface area contributed by atoms with E-state index in [1.54, 1.807) is 17.0 Å². The van der Waals surface area contributed by atoms with Gasteiger partial charge in [0.1, 0.15) is 0 Å². The number of esters is 1. The lowest BCUT2D eigenvalue weighted by Crippen LogP contribution is -2.31. The Bertz CT molecular complexity index is 520. The summed E-state index contributed by atoms with van der Waals surface area (Å²) in [4.78, 5) is 25.0. The van der Waals surface area contributed by atoms with Gasteiger partial charge < -0.3 is 14.4 Å². The predicted molar refractivity (Wildman–Crippen MR) is 73.2 cm³/mol. The maximum Gasteiger partial charge on any atom is 0.310 e. The molecule has 21 heavy (non-hydrogen) atoms. The van der Waals surface area contributed by atoms with Gasteiger partial charge in [0.25, 0.3) is 0 Å². The number of nitrogens with zero attached hydrogens (tertiary/aromatic N) is 1. The average Bonchev–Trinajstić information content (AvgIpc) is 2.98. The highest BCUT2D eigenvalue weighted by Crippen LogP contribution is 2.19. The Morgan fingerprint density at radius 3 is 2.86 bits per heavy atom. The molecule has 0 spiro atoms. The van der Waals surface area contributed by atoms with Crippen molar-refractivity contribution in [2.45, 2.75) is 12.8 Å². The molecule has 0 aromatic heterocycles. The van der Waals surface area contributed by atoms with E-state index in [0.717, 1.165) is 0 Å². The Morgan fingerprint density at radius 1 is 1.38 bits per heavy atom. The van der Waals surface area contributed by atoms with Crippen LogP contribution in [0.4, 0.5) is 4.39 Å². The molecule has 1 aliphatic heterocycles. The standard InChI is InChI=1S/C15H18FNO4/c1-20-15(19)11-6-8-17(10-11)14(18)7-9-21-13-5-3-2-4-12(13)16/h2-5,11H,6-10H2,1H3. The summed E-state index contributed by atoms with van der Waals surface area (Å²) in [5.41, 5.74) is 0. The lowest BCUT2D eigenvalue weighted by Gasteiger charge is -2.16. The molecule has 0 radical (unpaired) electrons. The van der Waals surface area contributed by atoms with Crippen LogP contribution in [0, 0.1) is 11.7 Å². The van der Waals surface area contributed by atoms with Crippen molar-refractivity contribution in [3.05, 3.63) is 30.1 Å². The third kappa shape index (κ3) is 3.93. The van der Waals surface area contributed by atoms with Crippen LogP contribution in [0.3, 0.4) is 0 Å². The number of amides is 1. The second-order valence-electron chi connectivity index (χ2n) is 4.88. The van der Waals surface area contributed by atoms with Gasteiger partial charge in [0.05, 0.1) is 26.1 Å². The summed E-state index contributed by atoms with van der Waals surface area (Å²) in [7, 11) is 1.34. The van der Waals surface area contributed by atoms with E-state index in [0.29, 0.717) is 19.5 Å². The molecule has 1 aromatic rings. The fourth-order valence-electron chi connectivity index (χ4n) is 2.31. The Morgan fingerprint density at radius 2 is 2.14 bits per heavy atom. The minimum Gasteiger partial charge on any atom is -0.490 e. The molecule has 1 fully saturated rings. The molecule has 114 valence electrons. The first-order chi connectivity index (χ1) is 10.1. The van der Waals surface area contributed by atoms with Crippen molar-refractivity contribution in [3.63, 3.8) is 0 Å². The van der Waals surface area contributed by atoms with Crippen LogP contribution in [0.15, 0.2) is 24.3 Å². The first-order valence-electron chi connectivity index (χ1n) is 6.84. The number of benzene rings is 1. The van der Waals surface area contributed by atoms with Crippen LogP contribution in [0.25, 0.3) is 0 Å². The zero-order valence-electron chi connectivity index (χ0n) is 11.9. The molecule has 1 aromatic carbocycles. The van der Waals surface area contributed by atoms with Gasteiger partial charge in [-0.2, -0.15) is 0 Å². The summed E-state index contributed by atoms with van der Waals surface area (Å²) in [6, 6.07) is 6.06. The Hall–Kier alpha value is -2.11. The van der Waals surface area contributed by atoms with Crippen molar-refractivity contribution in [2.75, 3.05) is 26.8 Å². The van der Waals surface area contributed by atoms with Gasteiger partial charge in [-0.1, -0.05) is 12.1 Å². The largest absolute Gasteiger partial charge is 0.490 e. The molecule has 1 heterocycles. The molecule has 0 aliphatic carbocycles. The number of hydrogen-bond donors (Lipinski definition) is 0. The number of likely N-dealkylation sites (tertiary alicyclic amines) is 1. The zero-order valence-corrected chi connectivity index (χ0v) is 11.9. The predicted octanol–water partition coefficient (Wildman–Crippen LogP) is 1.62. The maximum atomic E-state index is 13.3. The fraction of sp³-hybridized carbons (Fsp3) is 0.467. The van der Waals surface area contributed by atoms with E-state index in [9.17, 15) is 14.0 Å². The van der Waals surface area contributed by atoms with Crippen molar-refractivity contribution in [1.29, 1.82) is 0 Å². The van der Waals surface area contributed by atoms with Crippen LogP contribution in [0.1, 0.15) is 12.8 Å². The Labute approximate surface area is 122 Å². The summed E-state index contributed by atoms with van der Waals surface area (Å²) >= 11 is 0. The number of carbonyl (C=O) groups excluding carboxylic acids is 2. The summed E-state index contributed by atoms with van der Waals surface area (Å²) in [5.74, 6) is -0.937. The molecule has 0 bridgehead atoms. The van der Waals surface area contributed by atoms with E-state index in [4.69, 9.17) is 4.74 Å². The first kappa shape index (κ1) is 15.3. The van der Waals surface area contributed by atoms with Gasteiger partial charge in [0, 0.05) is 13.1 Å². The van der Waals surface area contributed by atoms with Crippen molar-refractivity contribution in [3.8, 4) is 5.75 Å². The molecule has 6 heteroatoms. The van der Waals surface area contributed by atoms with Crippen molar-refractivity contribution < 1.29 is 23.5 Å². The number of methoxy groups -OCH3 is 1. The summed E-state index contributed by atoms with van der Waals surface area (Å²) in [5, 5.41) is 0. The number of hydrogen-bond acceptors (Lipinski definition) is 4. The van der Waals surface area contributed by atoms with Crippen LogP contribution < -0.4 is 4.74 Å². The van der Waals surface area contributed by atoms with Gasteiger partial charge in [0.2, 0.25) is 5.91 Å². The van der Waals surface area contributed by atoms with Gasteiger partial charge >= 0.3 is 5.97 Å². The molecular weight excluding hydrogens is 277 g/mol. The van der Waals surface area contributed by atoms with Crippen molar-refractivity contribution in [1.82, 2.24) is 4.90 Å². The minimum absolute atomic E-state index is 0.0993. The summed E-state index contributed by atoms with van der Waals surface area (Å²) in [6.45, 7) is 1.03. The molecule has 0 N–H and O–H groups in total. The van der Waals surface area contributed by atoms with Crippen LogP contribution in [-0.2, 0) is 14.3 Å². The molecule has 1 atom stereocenters. The Kier molecular flexibility index (Phi) is 5.14. The lowest BCUT2D eigenvalue weighted by atomic mass is 10.1. The monoisotopic (exact) mass is 295 g/mol. The highest BCUT2D eigenvalue weighted by atomic mass is 19.1. The zero-order chi connectivity index (χ0) is 15.2. The van der Waals surface area contributed by atoms with E-state index >= 15 is 0 Å². The molecule has 1 saturated heterocycles. The normalized spacial score (nSPS) is 17.6. The van der Waals surface area contributed by atoms with Gasteiger partial charge in [0.15, 0.2) is 11.6 Å². The van der Waals surface area contributed by atoms with E-state index in [2.05, 4.69) is 4.74 Å². The van der Waals surface area contributed by atoms with E-state index < -0.39 is 5.82 Å². The second-order valence-corrected chi connectivity index (χ2v) is 4.88. The molecular formula is C15H18FNO4. The topological polar surface area (TPSA) is 55.8 Å². The van der Waals surface area contributed by atoms with Gasteiger partial charge in [-0.15, -0.1) is 0 Å². The molecule has 0 saturated carbocycles. The lowest BCUT2D eigenvalue weighted by molar-refractivity contribution is -0.145. The smallest absolute Gasteiger partial charge is 0.310 e. The van der Waals surface area contributed by atoms with Crippen LogP contribution in [-0.4, -0.2) is 43.6 Å². The fourth-order valence-corrected chi connectivity index (χ4v) is 2.31. The van der Waals surface area contributed by atoms with Crippen LogP contribution in [0.2, 0.25) is 0 Å². The first-order valence-corrected chi connectivity index (χ1v) is 6.84. The van der Waals surface area contributed by atoms with Gasteiger partial charge in [-0.3, -0.25) is 9.59 Å². The average molecular weight is 295 g/mol. The number of rotatable bonds is 5. The van der Waals surface area contributed by atoms with Gasteiger partial charge in [-0.05, 0) is 18.6 Å². The van der Waals surface area contributed by atoms with Crippen LogP contribution in [0.5, 0.6) is 5.75 Å². The minimum atomic E-state index is -0.447. The summed E-state index contributed by atoms with van der Waals surface area (Å²) < 4.78 is 23.2. The second kappa shape index (κ2) is 7.06. The molecule has 2 rings (SSSR count). The SMILES string of the molecule is COC(=O)C1CCN(C(=O)CCOc2ccccc2F)C1. The molecule has 1 aliphatic rings. The van der Waals surface area contributed by atoms with Gasteiger partial charge in [-0.25, -0.2) is 4.39 Å². The molecule has 1 unspecified atom stereocenters. The van der Waals surface area contributed by atoms with Crippen LogP contribution >= 0.6 is 0 Å². The quantitative estimate of drug-likeness (QED) is 0.775. The number of para-hydroxylation sites is 1. The number of carbonyl (C=O) groups is 2. The third-order valence-electron chi connectivity index (χ3n) is 3.49. The maximum absolute atomic E-state index is 13.3.